The molecule has 1 amide bonds. The number of hydrogen-bond donors (Lipinski definition) is 3. The number of nitrogens with one attached hydrogen (secondary N) is 1. The Balaban J connectivity index is 1.78. The molecule has 24 heavy (non-hydrogen) atoms. The molecular formula is C19H21NO4. The number of benzene rings is 2. The summed E-state index contributed by atoms with van der Waals surface area (Å²) in [5.74, 6) is 0.221. The van der Waals surface area contributed by atoms with Gasteiger partial charge in [0, 0.05) is 12.6 Å². The van der Waals surface area contributed by atoms with Crippen LogP contribution in [0.4, 0.5) is 0 Å². The van der Waals surface area contributed by atoms with Gasteiger partial charge in [-0.3, -0.25) is 4.79 Å². The Morgan fingerprint density at radius 3 is 2.54 bits per heavy atom. The summed E-state index contributed by atoms with van der Waals surface area (Å²) < 4.78 is 5.38. The molecule has 0 aromatic heterocycles. The predicted octanol–water partition coefficient (Wildman–Crippen LogP) is 2.87. The average Bonchev–Trinajstić information content (AvgIpc) is 2.58. The number of hydrogen-bond acceptors (Lipinski definition) is 4. The standard InChI is InChI=1S/C19H21NO4/c1-2-24-16-7-3-14(4-8-16)11-12-20-19(23)10-6-15-5-9-17(21)18(22)13-15/h3-10,13,21-22H,2,11-12H2,1H3,(H,20,23)/b10-6+. The van der Waals surface area contributed by atoms with Crippen molar-refractivity contribution >= 4 is 12.0 Å². The zero-order chi connectivity index (χ0) is 17.4. The van der Waals surface area contributed by atoms with Crippen molar-refractivity contribution in [1.29, 1.82) is 0 Å². The van der Waals surface area contributed by atoms with E-state index < -0.39 is 0 Å². The van der Waals surface area contributed by atoms with E-state index in [-0.39, 0.29) is 17.4 Å². The largest absolute Gasteiger partial charge is 0.504 e. The van der Waals surface area contributed by atoms with Gasteiger partial charge < -0.3 is 20.3 Å². The molecule has 5 heteroatoms. The van der Waals surface area contributed by atoms with Crippen molar-refractivity contribution < 1.29 is 19.7 Å². The summed E-state index contributed by atoms with van der Waals surface area (Å²) in [5, 5.41) is 21.4. The maximum absolute atomic E-state index is 11.8. The van der Waals surface area contributed by atoms with Crippen LogP contribution >= 0.6 is 0 Å². The van der Waals surface area contributed by atoms with Gasteiger partial charge in [0.15, 0.2) is 11.5 Å². The zero-order valence-electron chi connectivity index (χ0n) is 13.5. The van der Waals surface area contributed by atoms with E-state index in [4.69, 9.17) is 4.74 Å². The summed E-state index contributed by atoms with van der Waals surface area (Å²) in [6.45, 7) is 3.11. The molecule has 0 unspecified atom stereocenters. The van der Waals surface area contributed by atoms with Crippen LogP contribution in [0.2, 0.25) is 0 Å². The van der Waals surface area contributed by atoms with E-state index >= 15 is 0 Å². The van der Waals surface area contributed by atoms with Gasteiger partial charge in [0.1, 0.15) is 5.75 Å². The molecule has 0 radical (unpaired) electrons. The molecular weight excluding hydrogens is 306 g/mol. The Bertz CT molecular complexity index is 708. The van der Waals surface area contributed by atoms with Crippen LogP contribution in [0.25, 0.3) is 6.08 Å². The van der Waals surface area contributed by atoms with E-state index in [0.29, 0.717) is 18.7 Å². The number of carbonyl (C=O) groups excluding carboxylic acids is 1. The number of amides is 1. The SMILES string of the molecule is CCOc1ccc(CCNC(=O)/C=C/c2ccc(O)c(O)c2)cc1. The molecule has 126 valence electrons. The van der Waals surface area contributed by atoms with Crippen LogP contribution < -0.4 is 10.1 Å². The van der Waals surface area contributed by atoms with E-state index in [1.165, 1.54) is 18.2 Å². The second kappa shape index (κ2) is 8.62. The van der Waals surface area contributed by atoms with Gasteiger partial charge in [0.05, 0.1) is 6.61 Å². The minimum Gasteiger partial charge on any atom is -0.504 e. The fourth-order valence-electron chi connectivity index (χ4n) is 2.12. The fraction of sp³-hybridized carbons (Fsp3) is 0.211. The van der Waals surface area contributed by atoms with Crippen LogP contribution in [0.3, 0.4) is 0 Å². The van der Waals surface area contributed by atoms with Crippen molar-refractivity contribution in [3.05, 3.63) is 59.7 Å². The van der Waals surface area contributed by atoms with Crippen molar-refractivity contribution in [2.24, 2.45) is 0 Å². The van der Waals surface area contributed by atoms with Crippen LogP contribution in [0.15, 0.2) is 48.5 Å². The van der Waals surface area contributed by atoms with Crippen LogP contribution in [-0.4, -0.2) is 29.3 Å². The third kappa shape index (κ3) is 5.35. The first-order valence-corrected chi connectivity index (χ1v) is 7.78. The Hall–Kier alpha value is -2.95. The average molecular weight is 327 g/mol. The van der Waals surface area contributed by atoms with Gasteiger partial charge in [-0.25, -0.2) is 0 Å². The summed E-state index contributed by atoms with van der Waals surface area (Å²) in [4.78, 5) is 11.8. The van der Waals surface area contributed by atoms with Gasteiger partial charge in [-0.1, -0.05) is 18.2 Å². The molecule has 0 fully saturated rings. The molecule has 0 aliphatic heterocycles. The predicted molar refractivity (Wildman–Crippen MR) is 93.1 cm³/mol. The molecule has 0 aliphatic rings. The van der Waals surface area contributed by atoms with Crippen LogP contribution in [0.5, 0.6) is 17.2 Å². The van der Waals surface area contributed by atoms with Crippen molar-refractivity contribution in [3.8, 4) is 17.2 Å². The topological polar surface area (TPSA) is 78.8 Å². The van der Waals surface area contributed by atoms with Crippen molar-refractivity contribution in [3.63, 3.8) is 0 Å². The number of carbonyl (C=O) groups is 1. The monoisotopic (exact) mass is 327 g/mol. The maximum Gasteiger partial charge on any atom is 0.244 e. The first-order chi connectivity index (χ1) is 11.6. The number of rotatable bonds is 7. The lowest BCUT2D eigenvalue weighted by Crippen LogP contribution is -2.23. The van der Waals surface area contributed by atoms with Crippen molar-refractivity contribution in [1.82, 2.24) is 5.32 Å². The van der Waals surface area contributed by atoms with Crippen LogP contribution in [0, 0.1) is 0 Å². The molecule has 0 spiro atoms. The Morgan fingerprint density at radius 2 is 1.88 bits per heavy atom. The van der Waals surface area contributed by atoms with E-state index in [1.807, 2.05) is 31.2 Å². The van der Waals surface area contributed by atoms with E-state index in [0.717, 1.165) is 17.7 Å². The van der Waals surface area contributed by atoms with Gasteiger partial charge in [0.25, 0.3) is 0 Å². The summed E-state index contributed by atoms with van der Waals surface area (Å²) >= 11 is 0. The van der Waals surface area contributed by atoms with Gasteiger partial charge in [-0.05, 0) is 54.8 Å². The number of phenolic OH excluding ortho intramolecular Hbond substituents is 2. The smallest absolute Gasteiger partial charge is 0.244 e. The summed E-state index contributed by atoms with van der Waals surface area (Å²) in [5.41, 5.74) is 1.75. The second-order valence-electron chi connectivity index (χ2n) is 5.20. The third-order valence-electron chi connectivity index (χ3n) is 3.37. The lowest BCUT2D eigenvalue weighted by Gasteiger charge is -2.05. The number of aromatic hydroxyl groups is 2. The minimum atomic E-state index is -0.215. The second-order valence-corrected chi connectivity index (χ2v) is 5.20. The molecule has 2 rings (SSSR count). The Kier molecular flexibility index (Phi) is 6.25. The summed E-state index contributed by atoms with van der Waals surface area (Å²) in [6, 6.07) is 12.2. The summed E-state index contributed by atoms with van der Waals surface area (Å²) in [7, 11) is 0. The summed E-state index contributed by atoms with van der Waals surface area (Å²) in [6.07, 6.45) is 3.70. The highest BCUT2D eigenvalue weighted by Crippen LogP contribution is 2.25. The highest BCUT2D eigenvalue weighted by Gasteiger charge is 2.00. The lowest BCUT2D eigenvalue weighted by atomic mass is 10.1. The molecule has 0 saturated carbocycles. The van der Waals surface area contributed by atoms with Crippen molar-refractivity contribution in [2.75, 3.05) is 13.2 Å². The highest BCUT2D eigenvalue weighted by molar-refractivity contribution is 5.91. The third-order valence-corrected chi connectivity index (χ3v) is 3.37. The van der Waals surface area contributed by atoms with Gasteiger partial charge >= 0.3 is 0 Å². The lowest BCUT2D eigenvalue weighted by molar-refractivity contribution is -0.116. The molecule has 5 nitrogen and oxygen atoms in total. The van der Waals surface area contributed by atoms with Crippen molar-refractivity contribution in [2.45, 2.75) is 13.3 Å². The number of ether oxygens (including phenoxy) is 1. The van der Waals surface area contributed by atoms with Gasteiger partial charge in [-0.15, -0.1) is 0 Å². The molecule has 2 aromatic carbocycles. The maximum atomic E-state index is 11.8. The zero-order valence-corrected chi connectivity index (χ0v) is 13.5. The molecule has 0 atom stereocenters. The van der Waals surface area contributed by atoms with Gasteiger partial charge in [0.2, 0.25) is 5.91 Å². The van der Waals surface area contributed by atoms with Crippen LogP contribution in [-0.2, 0) is 11.2 Å². The quantitative estimate of drug-likeness (QED) is 0.540. The molecule has 3 N–H and O–H groups in total. The molecule has 0 saturated heterocycles. The number of phenols is 2. The van der Waals surface area contributed by atoms with E-state index in [9.17, 15) is 15.0 Å². The minimum absolute atomic E-state index is 0.188. The molecule has 0 bridgehead atoms. The van der Waals surface area contributed by atoms with Gasteiger partial charge in [-0.2, -0.15) is 0 Å². The fourth-order valence-corrected chi connectivity index (χ4v) is 2.12. The van der Waals surface area contributed by atoms with E-state index in [2.05, 4.69) is 5.32 Å². The Labute approximate surface area is 141 Å². The highest BCUT2D eigenvalue weighted by atomic mass is 16.5. The molecule has 2 aromatic rings. The molecule has 0 aliphatic carbocycles. The van der Waals surface area contributed by atoms with E-state index in [1.54, 1.807) is 12.1 Å². The van der Waals surface area contributed by atoms with Crippen LogP contribution in [0.1, 0.15) is 18.1 Å². The first kappa shape index (κ1) is 17.4. The molecule has 0 heterocycles. The normalized spacial score (nSPS) is 10.7. The Morgan fingerprint density at radius 1 is 1.12 bits per heavy atom. The first-order valence-electron chi connectivity index (χ1n) is 7.78.